The smallest absolute Gasteiger partial charge is 0.0725 e. The zero-order chi connectivity index (χ0) is 25.5. The van der Waals surface area contributed by atoms with Crippen LogP contribution in [0.15, 0.2) is 103 Å². The summed E-state index contributed by atoms with van der Waals surface area (Å²) >= 11 is 6.56. The first kappa shape index (κ1) is 22.4. The fourth-order valence-corrected chi connectivity index (χ4v) is 6.89. The summed E-state index contributed by atoms with van der Waals surface area (Å²) in [6, 6.07) is 37.5. The number of nitrogens with two attached hydrogens (primary N) is 1. The van der Waals surface area contributed by atoms with Gasteiger partial charge in [0.25, 0.3) is 0 Å². The standard InChI is InChI=1S/C35H28ClN/c1-34(2,3)22-18-28(21-16-23(36)20-24(37)17-21)33-27-12-6-9-15-31(27)35(32(33)19-22)29-13-7-4-10-25(29)26-11-5-8-14-30(26)35/h4-20H,37H2,1-3H3. The van der Waals surface area contributed by atoms with Crippen molar-refractivity contribution in [2.24, 2.45) is 0 Å². The Morgan fingerprint density at radius 3 is 1.70 bits per heavy atom. The summed E-state index contributed by atoms with van der Waals surface area (Å²) in [6.45, 7) is 6.86. The van der Waals surface area contributed by atoms with E-state index in [1.165, 1.54) is 55.6 Å². The number of halogens is 1. The zero-order valence-electron chi connectivity index (χ0n) is 21.3. The molecule has 0 saturated carbocycles. The Labute approximate surface area is 223 Å². The molecular weight excluding hydrogens is 470 g/mol. The monoisotopic (exact) mass is 497 g/mol. The van der Waals surface area contributed by atoms with Gasteiger partial charge in [-0.1, -0.05) is 111 Å². The predicted molar refractivity (Wildman–Crippen MR) is 156 cm³/mol. The van der Waals surface area contributed by atoms with Crippen LogP contribution in [0.25, 0.3) is 33.4 Å². The fraction of sp³-hybridized carbons (Fsp3) is 0.143. The summed E-state index contributed by atoms with van der Waals surface area (Å²) in [7, 11) is 0. The van der Waals surface area contributed by atoms with E-state index in [4.69, 9.17) is 17.3 Å². The van der Waals surface area contributed by atoms with E-state index in [9.17, 15) is 0 Å². The molecule has 0 bridgehead atoms. The maximum absolute atomic E-state index is 6.56. The Morgan fingerprint density at radius 2 is 1.14 bits per heavy atom. The molecule has 1 nitrogen and oxygen atoms in total. The molecule has 0 radical (unpaired) electrons. The van der Waals surface area contributed by atoms with E-state index in [1.807, 2.05) is 12.1 Å². The average Bonchev–Trinajstić information content (AvgIpc) is 3.35. The van der Waals surface area contributed by atoms with Gasteiger partial charge in [-0.15, -0.1) is 0 Å². The molecule has 2 aliphatic carbocycles. The second kappa shape index (κ2) is 7.60. The van der Waals surface area contributed by atoms with Gasteiger partial charge in [0.1, 0.15) is 0 Å². The molecule has 2 N–H and O–H groups in total. The lowest BCUT2D eigenvalue weighted by atomic mass is 9.69. The molecule has 0 heterocycles. The van der Waals surface area contributed by atoms with Crippen molar-refractivity contribution in [3.63, 3.8) is 0 Å². The number of hydrogen-bond acceptors (Lipinski definition) is 1. The largest absolute Gasteiger partial charge is 0.399 e. The zero-order valence-corrected chi connectivity index (χ0v) is 22.0. The molecule has 37 heavy (non-hydrogen) atoms. The minimum absolute atomic E-state index is 0.0402. The highest BCUT2D eigenvalue weighted by molar-refractivity contribution is 6.31. The number of benzene rings is 5. The molecule has 5 aromatic rings. The third kappa shape index (κ3) is 2.98. The molecule has 7 rings (SSSR count). The van der Waals surface area contributed by atoms with Crippen molar-refractivity contribution in [3.05, 3.63) is 136 Å². The summed E-state index contributed by atoms with van der Waals surface area (Å²) in [6.07, 6.45) is 0. The van der Waals surface area contributed by atoms with Crippen LogP contribution in [0.5, 0.6) is 0 Å². The van der Waals surface area contributed by atoms with Crippen LogP contribution < -0.4 is 5.73 Å². The maximum Gasteiger partial charge on any atom is 0.0725 e. The first-order valence-corrected chi connectivity index (χ1v) is 13.2. The Bertz CT molecular complexity index is 1670. The van der Waals surface area contributed by atoms with Gasteiger partial charge in [-0.25, -0.2) is 0 Å². The molecule has 1 spiro atoms. The number of rotatable bonds is 1. The van der Waals surface area contributed by atoms with Crippen LogP contribution in [0.2, 0.25) is 5.02 Å². The molecule has 0 atom stereocenters. The van der Waals surface area contributed by atoms with Crippen molar-refractivity contribution in [2.45, 2.75) is 31.6 Å². The van der Waals surface area contributed by atoms with Gasteiger partial charge in [0.2, 0.25) is 0 Å². The van der Waals surface area contributed by atoms with Gasteiger partial charge in [0.15, 0.2) is 0 Å². The van der Waals surface area contributed by atoms with Gasteiger partial charge < -0.3 is 5.73 Å². The van der Waals surface area contributed by atoms with E-state index in [1.54, 1.807) is 0 Å². The summed E-state index contributed by atoms with van der Waals surface area (Å²) < 4.78 is 0. The lowest BCUT2D eigenvalue weighted by Crippen LogP contribution is -2.26. The topological polar surface area (TPSA) is 26.0 Å². The molecule has 0 fully saturated rings. The Balaban J connectivity index is 1.70. The predicted octanol–water partition coefficient (Wildman–Crippen LogP) is 9.23. The lowest BCUT2D eigenvalue weighted by Gasteiger charge is -2.32. The molecule has 2 heteroatoms. The Morgan fingerprint density at radius 1 is 0.595 bits per heavy atom. The molecule has 0 saturated heterocycles. The highest BCUT2D eigenvalue weighted by Crippen LogP contribution is 2.64. The van der Waals surface area contributed by atoms with Gasteiger partial charge in [-0.3, -0.25) is 0 Å². The Kier molecular flexibility index (Phi) is 4.60. The van der Waals surface area contributed by atoms with Crippen LogP contribution in [0, 0.1) is 0 Å². The third-order valence-electron chi connectivity index (χ3n) is 8.19. The third-order valence-corrected chi connectivity index (χ3v) is 8.41. The van der Waals surface area contributed by atoms with Crippen LogP contribution in [0.4, 0.5) is 5.69 Å². The first-order valence-electron chi connectivity index (χ1n) is 12.8. The highest BCUT2D eigenvalue weighted by atomic mass is 35.5. The number of nitrogen functional groups attached to an aromatic ring is 1. The molecular formula is C35H28ClN. The minimum atomic E-state index is -0.376. The van der Waals surface area contributed by atoms with Crippen molar-refractivity contribution < 1.29 is 0 Å². The van der Waals surface area contributed by atoms with Crippen LogP contribution in [0.1, 0.15) is 48.6 Å². The maximum atomic E-state index is 6.56. The average molecular weight is 498 g/mol. The first-order chi connectivity index (χ1) is 17.8. The molecule has 5 aromatic carbocycles. The number of hydrogen-bond donors (Lipinski definition) is 1. The van der Waals surface area contributed by atoms with Gasteiger partial charge in [0.05, 0.1) is 5.41 Å². The quantitative estimate of drug-likeness (QED) is 0.225. The van der Waals surface area contributed by atoms with Crippen molar-refractivity contribution in [2.75, 3.05) is 5.73 Å². The van der Waals surface area contributed by atoms with Crippen LogP contribution in [-0.4, -0.2) is 0 Å². The number of anilines is 1. The molecule has 2 aliphatic rings. The van der Waals surface area contributed by atoms with E-state index in [2.05, 4.69) is 112 Å². The second-order valence-electron chi connectivity index (χ2n) is 11.4. The van der Waals surface area contributed by atoms with E-state index >= 15 is 0 Å². The van der Waals surface area contributed by atoms with Crippen LogP contribution in [0.3, 0.4) is 0 Å². The fourth-order valence-electron chi connectivity index (χ4n) is 6.65. The summed E-state index contributed by atoms with van der Waals surface area (Å²) in [4.78, 5) is 0. The van der Waals surface area contributed by atoms with E-state index in [0.717, 1.165) is 5.56 Å². The summed E-state index contributed by atoms with van der Waals surface area (Å²) in [5, 5.41) is 0.655. The van der Waals surface area contributed by atoms with Crippen molar-refractivity contribution in [3.8, 4) is 33.4 Å². The van der Waals surface area contributed by atoms with Gasteiger partial charge >= 0.3 is 0 Å². The van der Waals surface area contributed by atoms with Gasteiger partial charge in [-0.2, -0.15) is 0 Å². The minimum Gasteiger partial charge on any atom is -0.399 e. The molecule has 180 valence electrons. The summed E-state index contributed by atoms with van der Waals surface area (Å²) in [5.74, 6) is 0. The lowest BCUT2D eigenvalue weighted by molar-refractivity contribution is 0.588. The molecule has 0 aromatic heterocycles. The van der Waals surface area contributed by atoms with Crippen LogP contribution >= 0.6 is 11.6 Å². The van der Waals surface area contributed by atoms with E-state index < -0.39 is 0 Å². The van der Waals surface area contributed by atoms with Crippen molar-refractivity contribution >= 4 is 17.3 Å². The molecule has 0 unspecified atom stereocenters. The van der Waals surface area contributed by atoms with Gasteiger partial charge in [0, 0.05) is 10.7 Å². The number of fused-ring (bicyclic) bond motifs is 10. The van der Waals surface area contributed by atoms with Gasteiger partial charge in [-0.05, 0) is 90.9 Å². The van der Waals surface area contributed by atoms with E-state index in [0.29, 0.717) is 10.7 Å². The Hall–Kier alpha value is -3.81. The SMILES string of the molecule is CC(C)(C)c1cc(-c2cc(N)cc(Cl)c2)c2c(c1)C1(c3ccccc3-c3ccccc31)c1ccccc1-2. The highest BCUT2D eigenvalue weighted by Gasteiger charge is 2.52. The molecule has 0 amide bonds. The normalized spacial score (nSPS) is 14.3. The molecule has 0 aliphatic heterocycles. The van der Waals surface area contributed by atoms with E-state index in [-0.39, 0.29) is 10.8 Å². The van der Waals surface area contributed by atoms with Crippen LogP contribution in [-0.2, 0) is 10.8 Å². The van der Waals surface area contributed by atoms with Crippen molar-refractivity contribution in [1.82, 2.24) is 0 Å². The second-order valence-corrected chi connectivity index (χ2v) is 11.8. The summed E-state index contributed by atoms with van der Waals surface area (Å²) in [5.41, 5.74) is 20.7. The van der Waals surface area contributed by atoms with Crippen molar-refractivity contribution in [1.29, 1.82) is 0 Å².